The van der Waals surface area contributed by atoms with Gasteiger partial charge < -0.3 is 10.2 Å². The Balaban J connectivity index is 2.23. The maximum absolute atomic E-state index is 13.7. The van der Waals surface area contributed by atoms with Crippen molar-refractivity contribution in [2.45, 2.75) is 0 Å². The van der Waals surface area contributed by atoms with Gasteiger partial charge in [0, 0.05) is 11.8 Å². The summed E-state index contributed by atoms with van der Waals surface area (Å²) in [6, 6.07) is 6.48. The fourth-order valence-electron chi connectivity index (χ4n) is 1.75. The first kappa shape index (κ1) is 11.9. The first-order chi connectivity index (χ1) is 9.04. The molecule has 2 N–H and O–H groups in total. The summed E-state index contributed by atoms with van der Waals surface area (Å²) in [5.41, 5.74) is 6.63. The summed E-state index contributed by atoms with van der Waals surface area (Å²) in [7, 11) is 0. The Morgan fingerprint density at radius 3 is 2.68 bits per heavy atom. The van der Waals surface area contributed by atoms with Gasteiger partial charge in [-0.15, -0.1) is 0 Å². The minimum Gasteiger partial charge on any atom is -0.436 e. The van der Waals surface area contributed by atoms with Gasteiger partial charge >= 0.3 is 0 Å². The second kappa shape index (κ2) is 4.20. The average Bonchev–Trinajstić information content (AvgIpc) is 2.75. The van der Waals surface area contributed by atoms with E-state index in [-0.39, 0.29) is 22.1 Å². The van der Waals surface area contributed by atoms with E-state index in [0.717, 1.165) is 6.07 Å². The van der Waals surface area contributed by atoms with Gasteiger partial charge in [0.15, 0.2) is 5.58 Å². The smallest absolute Gasteiger partial charge is 0.230 e. The van der Waals surface area contributed by atoms with Crippen LogP contribution in [-0.4, -0.2) is 4.98 Å². The highest BCUT2D eigenvalue weighted by Crippen LogP contribution is 2.30. The van der Waals surface area contributed by atoms with E-state index < -0.39 is 11.6 Å². The second-order valence-electron chi connectivity index (χ2n) is 3.99. The van der Waals surface area contributed by atoms with E-state index in [4.69, 9.17) is 21.8 Å². The summed E-state index contributed by atoms with van der Waals surface area (Å²) < 4.78 is 32.3. The van der Waals surface area contributed by atoms with Crippen molar-refractivity contribution in [3.05, 3.63) is 47.0 Å². The third-order valence-electron chi connectivity index (χ3n) is 2.65. The number of nitrogen functional groups attached to an aromatic ring is 1. The second-order valence-corrected chi connectivity index (χ2v) is 4.40. The fourth-order valence-corrected chi connectivity index (χ4v) is 1.90. The zero-order valence-corrected chi connectivity index (χ0v) is 10.2. The number of nitrogens with zero attached hydrogens (tertiary/aromatic N) is 1. The molecule has 0 bridgehead atoms. The molecule has 1 aromatic heterocycles. The number of anilines is 1. The summed E-state index contributed by atoms with van der Waals surface area (Å²) >= 11 is 5.65. The van der Waals surface area contributed by atoms with Crippen LogP contribution in [0.25, 0.3) is 22.6 Å². The van der Waals surface area contributed by atoms with E-state index >= 15 is 0 Å². The number of rotatable bonds is 1. The zero-order chi connectivity index (χ0) is 13.6. The maximum atomic E-state index is 13.7. The molecule has 0 amide bonds. The standard InChI is InChI=1S/C13H7ClF2N2O/c14-8-4-11-12(5-10(8)16)19-13(18-11)7-3-6(17)1-2-9(7)15/h1-5H,17H2. The Kier molecular flexibility index (Phi) is 2.64. The van der Waals surface area contributed by atoms with Crippen LogP contribution in [0.4, 0.5) is 14.5 Å². The first-order valence-electron chi connectivity index (χ1n) is 5.35. The van der Waals surface area contributed by atoms with E-state index in [2.05, 4.69) is 4.98 Å². The Bertz CT molecular complexity index is 747. The highest BCUT2D eigenvalue weighted by atomic mass is 35.5. The topological polar surface area (TPSA) is 52.0 Å². The SMILES string of the molecule is Nc1ccc(F)c(-c2nc3cc(Cl)c(F)cc3o2)c1. The third kappa shape index (κ3) is 2.02. The molecule has 0 saturated heterocycles. The molecule has 0 aliphatic heterocycles. The fraction of sp³-hybridized carbons (Fsp3) is 0. The molecule has 0 aliphatic carbocycles. The number of halogens is 3. The molecule has 6 heteroatoms. The Labute approximate surface area is 111 Å². The van der Waals surface area contributed by atoms with Crippen LogP contribution in [0.1, 0.15) is 0 Å². The number of benzene rings is 2. The van der Waals surface area contributed by atoms with Crippen LogP contribution in [0.3, 0.4) is 0 Å². The zero-order valence-electron chi connectivity index (χ0n) is 9.45. The van der Waals surface area contributed by atoms with E-state index in [1.165, 1.54) is 24.3 Å². The van der Waals surface area contributed by atoms with Crippen molar-refractivity contribution < 1.29 is 13.2 Å². The van der Waals surface area contributed by atoms with Crippen molar-refractivity contribution in [2.24, 2.45) is 0 Å². The van der Waals surface area contributed by atoms with Gasteiger partial charge in [0.1, 0.15) is 17.2 Å². The predicted molar refractivity (Wildman–Crippen MR) is 68.8 cm³/mol. The first-order valence-corrected chi connectivity index (χ1v) is 5.73. The summed E-state index contributed by atoms with van der Waals surface area (Å²) in [6.45, 7) is 0. The molecule has 0 spiro atoms. The molecule has 0 fully saturated rings. The quantitative estimate of drug-likeness (QED) is 0.685. The summed E-state index contributed by atoms with van der Waals surface area (Å²) in [5.74, 6) is -1.11. The number of aromatic nitrogens is 1. The number of hydrogen-bond donors (Lipinski definition) is 1. The summed E-state index contributed by atoms with van der Waals surface area (Å²) in [4.78, 5) is 4.07. The lowest BCUT2D eigenvalue weighted by Gasteiger charge is -1.99. The minimum absolute atomic E-state index is 0.0291. The molecule has 0 saturated carbocycles. The van der Waals surface area contributed by atoms with Gasteiger partial charge in [0.25, 0.3) is 0 Å². The molecular weight excluding hydrogens is 274 g/mol. The van der Waals surface area contributed by atoms with Crippen molar-refractivity contribution in [1.82, 2.24) is 4.98 Å². The average molecular weight is 281 g/mol. The van der Waals surface area contributed by atoms with Crippen molar-refractivity contribution in [1.29, 1.82) is 0 Å². The molecule has 96 valence electrons. The van der Waals surface area contributed by atoms with Crippen LogP contribution in [0.2, 0.25) is 5.02 Å². The maximum Gasteiger partial charge on any atom is 0.230 e. The normalized spacial score (nSPS) is 11.1. The van der Waals surface area contributed by atoms with Gasteiger partial charge in [-0.25, -0.2) is 13.8 Å². The van der Waals surface area contributed by atoms with Crippen molar-refractivity contribution in [3.63, 3.8) is 0 Å². The molecule has 19 heavy (non-hydrogen) atoms. The lowest BCUT2D eigenvalue weighted by atomic mass is 10.2. The summed E-state index contributed by atoms with van der Waals surface area (Å²) in [6.07, 6.45) is 0. The van der Waals surface area contributed by atoms with E-state index in [0.29, 0.717) is 11.2 Å². The highest BCUT2D eigenvalue weighted by molar-refractivity contribution is 6.31. The van der Waals surface area contributed by atoms with E-state index in [9.17, 15) is 8.78 Å². The van der Waals surface area contributed by atoms with Crippen LogP contribution in [0, 0.1) is 11.6 Å². The minimum atomic E-state index is -0.620. The van der Waals surface area contributed by atoms with Gasteiger partial charge in [-0.1, -0.05) is 11.6 Å². The Morgan fingerprint density at radius 1 is 1.11 bits per heavy atom. The number of hydrogen-bond acceptors (Lipinski definition) is 3. The van der Waals surface area contributed by atoms with E-state index in [1.54, 1.807) is 0 Å². The molecule has 3 rings (SSSR count). The van der Waals surface area contributed by atoms with E-state index in [1.807, 2.05) is 0 Å². The van der Waals surface area contributed by atoms with Crippen LogP contribution >= 0.6 is 11.6 Å². The Morgan fingerprint density at radius 2 is 1.89 bits per heavy atom. The molecule has 3 aromatic rings. The van der Waals surface area contributed by atoms with Gasteiger partial charge in [-0.2, -0.15) is 0 Å². The summed E-state index contributed by atoms with van der Waals surface area (Å²) in [5, 5.41) is -0.0691. The van der Waals surface area contributed by atoms with Gasteiger partial charge in [0.2, 0.25) is 5.89 Å². The number of oxazole rings is 1. The van der Waals surface area contributed by atoms with Crippen molar-refractivity contribution in [2.75, 3.05) is 5.73 Å². The number of fused-ring (bicyclic) bond motifs is 1. The molecule has 2 aromatic carbocycles. The molecule has 0 aliphatic rings. The highest BCUT2D eigenvalue weighted by Gasteiger charge is 2.14. The Hall–Kier alpha value is -2.14. The number of nitrogens with two attached hydrogens (primary N) is 1. The van der Waals surface area contributed by atoms with Gasteiger partial charge in [0.05, 0.1) is 10.6 Å². The predicted octanol–water partition coefficient (Wildman–Crippen LogP) is 4.01. The van der Waals surface area contributed by atoms with Crippen molar-refractivity contribution >= 4 is 28.4 Å². The van der Waals surface area contributed by atoms with Gasteiger partial charge in [-0.05, 0) is 24.3 Å². The lowest BCUT2D eigenvalue weighted by Crippen LogP contribution is -1.89. The van der Waals surface area contributed by atoms with Gasteiger partial charge in [-0.3, -0.25) is 0 Å². The largest absolute Gasteiger partial charge is 0.436 e. The molecule has 1 heterocycles. The van der Waals surface area contributed by atoms with Crippen LogP contribution in [-0.2, 0) is 0 Å². The van der Waals surface area contributed by atoms with Crippen LogP contribution in [0.15, 0.2) is 34.7 Å². The van der Waals surface area contributed by atoms with Crippen molar-refractivity contribution in [3.8, 4) is 11.5 Å². The third-order valence-corrected chi connectivity index (χ3v) is 2.94. The molecule has 0 unspecified atom stereocenters. The molecule has 0 radical (unpaired) electrons. The van der Waals surface area contributed by atoms with Crippen LogP contribution in [0.5, 0.6) is 0 Å². The molecule has 3 nitrogen and oxygen atoms in total. The lowest BCUT2D eigenvalue weighted by molar-refractivity contribution is 0.587. The molecular formula is C13H7ClF2N2O. The monoisotopic (exact) mass is 280 g/mol. The molecule has 0 atom stereocenters. The van der Waals surface area contributed by atoms with Crippen LogP contribution < -0.4 is 5.73 Å².